The number of carbonyl (C=O) groups excluding carboxylic acids is 1. The van der Waals surface area contributed by atoms with E-state index >= 15 is 0 Å². The van der Waals surface area contributed by atoms with Crippen LogP contribution in [0, 0.1) is 11.8 Å². The third-order valence-corrected chi connectivity index (χ3v) is 4.90. The molecule has 7 nitrogen and oxygen atoms in total. The summed E-state index contributed by atoms with van der Waals surface area (Å²) in [6.07, 6.45) is 0.542. The Balaban J connectivity index is 2.24. The van der Waals surface area contributed by atoms with Crippen molar-refractivity contribution >= 4 is 23.0 Å². The van der Waals surface area contributed by atoms with Crippen LogP contribution in [0.2, 0.25) is 0 Å². The second-order valence-corrected chi connectivity index (χ2v) is 8.81. The summed E-state index contributed by atoms with van der Waals surface area (Å²) in [5, 5.41) is 24.1. The van der Waals surface area contributed by atoms with Gasteiger partial charge in [0, 0.05) is 17.1 Å². The lowest BCUT2D eigenvalue weighted by Crippen LogP contribution is -2.48. The summed E-state index contributed by atoms with van der Waals surface area (Å²) in [7, 11) is 0. The van der Waals surface area contributed by atoms with Gasteiger partial charge in [-0.3, -0.25) is 4.79 Å². The number of benzene rings is 1. The summed E-state index contributed by atoms with van der Waals surface area (Å²) < 4.78 is 5.34. The summed E-state index contributed by atoms with van der Waals surface area (Å²) in [6.45, 7) is 8.90. The van der Waals surface area contributed by atoms with Crippen molar-refractivity contribution < 1.29 is 24.5 Å². The Kier molecular flexibility index (Phi) is 7.30. The molecule has 0 radical (unpaired) electrons. The van der Waals surface area contributed by atoms with Crippen molar-refractivity contribution in [2.45, 2.75) is 65.2 Å². The Hall–Kier alpha value is -2.54. The van der Waals surface area contributed by atoms with Gasteiger partial charge in [0.2, 0.25) is 0 Å². The molecule has 0 aliphatic heterocycles. The fourth-order valence-electron chi connectivity index (χ4n) is 3.36. The van der Waals surface area contributed by atoms with Gasteiger partial charge in [-0.05, 0) is 51.2 Å². The number of carboxylic acids is 1. The van der Waals surface area contributed by atoms with Crippen molar-refractivity contribution in [3.8, 4) is 0 Å². The van der Waals surface area contributed by atoms with Crippen LogP contribution in [0.15, 0.2) is 30.5 Å². The van der Waals surface area contributed by atoms with E-state index < -0.39 is 35.7 Å². The molecule has 2 unspecified atom stereocenters. The van der Waals surface area contributed by atoms with E-state index in [1.807, 2.05) is 44.3 Å². The van der Waals surface area contributed by atoms with Crippen LogP contribution in [0.3, 0.4) is 0 Å². The van der Waals surface area contributed by atoms with Gasteiger partial charge in [-0.2, -0.15) is 0 Å². The van der Waals surface area contributed by atoms with Gasteiger partial charge in [-0.25, -0.2) is 4.79 Å². The average Bonchev–Trinajstić information content (AvgIpc) is 2.99. The van der Waals surface area contributed by atoms with Crippen molar-refractivity contribution in [2.24, 2.45) is 11.8 Å². The van der Waals surface area contributed by atoms with E-state index in [4.69, 9.17) is 4.74 Å². The second kappa shape index (κ2) is 9.31. The van der Waals surface area contributed by atoms with Crippen LogP contribution in [0.25, 0.3) is 10.9 Å². The maximum Gasteiger partial charge on any atom is 0.407 e. The predicted octanol–water partition coefficient (Wildman–Crippen LogP) is 3.71. The zero-order chi connectivity index (χ0) is 21.8. The van der Waals surface area contributed by atoms with Crippen LogP contribution >= 0.6 is 0 Å². The number of carboxylic acid groups (broad SMARTS) is 1. The number of amides is 1. The van der Waals surface area contributed by atoms with E-state index in [1.165, 1.54) is 0 Å². The SMILES string of the molecule is CC(C)C(C[C@H](O)C(Cc1c[nH]c2ccccc12)NC(=O)OC(C)(C)C)C(=O)O. The number of aliphatic hydroxyl groups is 1. The van der Waals surface area contributed by atoms with Gasteiger partial charge in [0.05, 0.1) is 18.1 Å². The number of hydrogen-bond donors (Lipinski definition) is 4. The monoisotopic (exact) mass is 404 g/mol. The highest BCUT2D eigenvalue weighted by atomic mass is 16.6. The molecule has 2 aromatic rings. The van der Waals surface area contributed by atoms with E-state index in [1.54, 1.807) is 20.8 Å². The van der Waals surface area contributed by atoms with Gasteiger partial charge in [0.15, 0.2) is 0 Å². The summed E-state index contributed by atoms with van der Waals surface area (Å²) in [5.41, 5.74) is 1.21. The van der Waals surface area contributed by atoms with E-state index in [9.17, 15) is 19.8 Å². The normalized spacial score (nSPS) is 15.1. The predicted molar refractivity (Wildman–Crippen MR) is 112 cm³/mol. The molecule has 1 amide bonds. The highest BCUT2D eigenvalue weighted by Gasteiger charge is 2.31. The summed E-state index contributed by atoms with van der Waals surface area (Å²) in [5.74, 6) is -1.81. The number of para-hydroxylation sites is 1. The quantitative estimate of drug-likeness (QED) is 0.536. The van der Waals surface area contributed by atoms with E-state index in [-0.39, 0.29) is 12.3 Å². The maximum atomic E-state index is 12.4. The molecule has 4 N–H and O–H groups in total. The molecular weight excluding hydrogens is 372 g/mol. The third-order valence-electron chi connectivity index (χ3n) is 4.90. The molecule has 0 saturated carbocycles. The van der Waals surface area contributed by atoms with E-state index in [0.29, 0.717) is 6.42 Å². The zero-order valence-corrected chi connectivity index (χ0v) is 17.7. The topological polar surface area (TPSA) is 112 Å². The molecule has 0 bridgehead atoms. The summed E-state index contributed by atoms with van der Waals surface area (Å²) in [4.78, 5) is 27.1. The van der Waals surface area contributed by atoms with Crippen LogP contribution in [-0.4, -0.2) is 45.0 Å². The Morgan fingerprint density at radius 3 is 2.45 bits per heavy atom. The Labute approximate surface area is 171 Å². The molecule has 29 heavy (non-hydrogen) atoms. The average molecular weight is 405 g/mol. The van der Waals surface area contributed by atoms with Crippen LogP contribution in [0.1, 0.15) is 46.6 Å². The Morgan fingerprint density at radius 2 is 1.86 bits per heavy atom. The van der Waals surface area contributed by atoms with Gasteiger partial charge in [0.25, 0.3) is 0 Å². The maximum absolute atomic E-state index is 12.4. The van der Waals surface area contributed by atoms with Crippen molar-refractivity contribution in [2.75, 3.05) is 0 Å². The Bertz CT molecular complexity index is 837. The second-order valence-electron chi connectivity index (χ2n) is 8.81. The first kappa shape index (κ1) is 22.7. The number of alkyl carbamates (subject to hydrolysis) is 1. The molecule has 160 valence electrons. The number of ether oxygens (including phenoxy) is 1. The molecule has 3 atom stereocenters. The molecule has 0 spiro atoms. The van der Waals surface area contributed by atoms with Crippen LogP contribution < -0.4 is 5.32 Å². The molecule has 2 rings (SSSR count). The summed E-state index contributed by atoms with van der Waals surface area (Å²) in [6, 6.07) is 7.07. The van der Waals surface area contributed by atoms with E-state index in [2.05, 4.69) is 10.3 Å². The molecule has 1 aromatic carbocycles. The highest BCUT2D eigenvalue weighted by Crippen LogP contribution is 2.24. The number of H-pyrrole nitrogens is 1. The molecular formula is C22H32N2O5. The number of nitrogens with one attached hydrogen (secondary N) is 2. The van der Waals surface area contributed by atoms with Crippen LogP contribution in [0.4, 0.5) is 4.79 Å². The van der Waals surface area contributed by atoms with E-state index in [0.717, 1.165) is 16.5 Å². The lowest BCUT2D eigenvalue weighted by atomic mass is 9.87. The molecule has 0 saturated heterocycles. The van der Waals surface area contributed by atoms with Gasteiger partial charge >= 0.3 is 12.1 Å². The van der Waals surface area contributed by atoms with Crippen molar-refractivity contribution in [1.82, 2.24) is 10.3 Å². The standard InChI is InChI=1S/C22H32N2O5/c1-13(2)16(20(26)27)11-19(25)18(24-21(28)29-22(3,4)5)10-14-12-23-17-9-7-6-8-15(14)17/h6-9,12-13,16,18-19,23,25H,10-11H2,1-5H3,(H,24,28)(H,26,27)/t16?,18?,19-/m0/s1. The molecule has 1 heterocycles. The van der Waals surface area contributed by atoms with Gasteiger partial charge in [-0.1, -0.05) is 32.0 Å². The molecule has 7 heteroatoms. The first-order valence-corrected chi connectivity index (χ1v) is 9.93. The minimum atomic E-state index is -1.04. The minimum Gasteiger partial charge on any atom is -0.481 e. The van der Waals surface area contributed by atoms with Crippen LogP contribution in [0.5, 0.6) is 0 Å². The van der Waals surface area contributed by atoms with Gasteiger partial charge in [-0.15, -0.1) is 0 Å². The molecule has 1 aromatic heterocycles. The zero-order valence-electron chi connectivity index (χ0n) is 17.7. The smallest absolute Gasteiger partial charge is 0.407 e. The first-order valence-electron chi connectivity index (χ1n) is 9.93. The number of aromatic nitrogens is 1. The molecule has 0 aliphatic rings. The number of hydrogen-bond acceptors (Lipinski definition) is 4. The number of rotatable bonds is 8. The van der Waals surface area contributed by atoms with Crippen LogP contribution in [-0.2, 0) is 16.0 Å². The molecule has 0 aliphatic carbocycles. The van der Waals surface area contributed by atoms with Gasteiger partial charge in [0.1, 0.15) is 5.60 Å². The number of aliphatic hydroxyl groups excluding tert-OH is 1. The third kappa shape index (κ3) is 6.49. The fraction of sp³-hybridized carbons (Fsp3) is 0.545. The lowest BCUT2D eigenvalue weighted by Gasteiger charge is -2.29. The number of aliphatic carboxylic acids is 1. The van der Waals surface area contributed by atoms with Gasteiger partial charge < -0.3 is 25.3 Å². The van der Waals surface area contributed by atoms with Crippen molar-refractivity contribution in [3.63, 3.8) is 0 Å². The number of carbonyl (C=O) groups is 2. The lowest BCUT2D eigenvalue weighted by molar-refractivity contribution is -0.144. The Morgan fingerprint density at radius 1 is 1.21 bits per heavy atom. The highest BCUT2D eigenvalue weighted by molar-refractivity contribution is 5.83. The molecule has 0 fully saturated rings. The van der Waals surface area contributed by atoms with Crippen molar-refractivity contribution in [3.05, 3.63) is 36.0 Å². The number of aromatic amines is 1. The fourth-order valence-corrected chi connectivity index (χ4v) is 3.36. The first-order chi connectivity index (χ1) is 13.5. The summed E-state index contributed by atoms with van der Waals surface area (Å²) >= 11 is 0. The largest absolute Gasteiger partial charge is 0.481 e. The minimum absolute atomic E-state index is 0.0375. The number of fused-ring (bicyclic) bond motifs is 1. The van der Waals surface area contributed by atoms with Crippen molar-refractivity contribution in [1.29, 1.82) is 0 Å².